The zero-order valence-electron chi connectivity index (χ0n) is 6.07. The van der Waals surface area contributed by atoms with Crippen LogP contribution in [-0.2, 0) is 14.9 Å². The summed E-state index contributed by atoms with van der Waals surface area (Å²) in [7, 11) is -0.347. The van der Waals surface area contributed by atoms with Crippen LogP contribution in [0.25, 0.3) is 0 Å². The van der Waals surface area contributed by atoms with Crippen LogP contribution >= 0.6 is 0 Å². The lowest BCUT2D eigenvalue weighted by Crippen LogP contribution is -2.28. The van der Waals surface area contributed by atoms with E-state index in [-0.39, 0.29) is 5.25 Å². The first-order valence-corrected chi connectivity index (χ1v) is 4.61. The number of nitrogens with zero attached hydrogens (tertiary/aromatic N) is 1. The van der Waals surface area contributed by atoms with Gasteiger partial charge in [0.05, 0.1) is 12.4 Å². The monoisotopic (exact) mass is 165 g/mol. The van der Waals surface area contributed by atoms with Crippen molar-refractivity contribution in [2.24, 2.45) is 0 Å². The summed E-state index contributed by atoms with van der Waals surface area (Å²) < 4.78 is 23.2. The van der Waals surface area contributed by atoms with Crippen molar-refractivity contribution in [2.45, 2.75) is 18.1 Å². The molecule has 0 spiro atoms. The molecule has 10 heavy (non-hydrogen) atoms. The van der Waals surface area contributed by atoms with E-state index in [9.17, 15) is 8.42 Å². The molecule has 0 N–H and O–H groups in total. The Hall–Kier alpha value is -0.130. The molecule has 1 aliphatic rings. The van der Waals surface area contributed by atoms with Crippen LogP contribution in [0.4, 0.5) is 0 Å². The molecule has 60 valence electrons. The van der Waals surface area contributed by atoms with Gasteiger partial charge in [-0.25, -0.2) is 8.42 Å². The van der Waals surface area contributed by atoms with Crippen molar-refractivity contribution in [3.05, 3.63) is 0 Å². The van der Waals surface area contributed by atoms with E-state index in [0.717, 1.165) is 17.3 Å². The average Bonchev–Trinajstić information content (AvgIpc) is 2.66. The molecule has 0 aromatic heterocycles. The summed E-state index contributed by atoms with van der Waals surface area (Å²) in [5.74, 6) is 0. The topological polar surface area (TPSA) is 46.6 Å². The second-order valence-electron chi connectivity index (χ2n) is 2.34. The highest BCUT2D eigenvalue weighted by Gasteiger charge is 2.38. The Morgan fingerprint density at radius 3 is 2.30 bits per heavy atom. The van der Waals surface area contributed by atoms with Gasteiger partial charge in [0.1, 0.15) is 0 Å². The Bertz CT molecular complexity index is 207. The van der Waals surface area contributed by atoms with Gasteiger partial charge in [-0.2, -0.15) is 0 Å². The molecule has 0 unspecified atom stereocenters. The number of hydrogen-bond acceptors (Lipinski definition) is 3. The first-order chi connectivity index (χ1) is 4.59. The zero-order chi connectivity index (χ0) is 7.78. The zero-order valence-corrected chi connectivity index (χ0v) is 6.89. The van der Waals surface area contributed by atoms with Crippen LogP contribution in [0.5, 0.6) is 0 Å². The maximum atomic E-state index is 11.1. The van der Waals surface area contributed by atoms with Crippen molar-refractivity contribution in [3.63, 3.8) is 0 Å². The largest absolute Gasteiger partial charge is 0.288 e. The molecular formula is C5H11NO3S. The molecule has 0 aliphatic heterocycles. The smallest absolute Gasteiger partial charge is 0.238 e. The number of sulfonamides is 1. The molecule has 5 heteroatoms. The Balaban J connectivity index is 2.67. The fourth-order valence-electron chi connectivity index (χ4n) is 0.680. The van der Waals surface area contributed by atoms with E-state index in [0.29, 0.717) is 0 Å². The fraction of sp³-hybridized carbons (Fsp3) is 1.00. The van der Waals surface area contributed by atoms with Crippen LogP contribution in [0, 0.1) is 0 Å². The minimum Gasteiger partial charge on any atom is -0.288 e. The third-order valence-electron chi connectivity index (χ3n) is 1.56. The second kappa shape index (κ2) is 2.48. The summed E-state index contributed by atoms with van der Waals surface area (Å²) >= 11 is 0. The highest BCUT2D eigenvalue weighted by atomic mass is 32.2. The van der Waals surface area contributed by atoms with Crippen LogP contribution in [0.3, 0.4) is 0 Å². The maximum Gasteiger partial charge on any atom is 0.238 e. The maximum absolute atomic E-state index is 11.1. The van der Waals surface area contributed by atoms with Gasteiger partial charge in [0.15, 0.2) is 0 Å². The van der Waals surface area contributed by atoms with Crippen LogP contribution in [-0.4, -0.2) is 32.3 Å². The predicted octanol–water partition coefficient (Wildman–Crippen LogP) is -0.0282. The molecule has 0 bridgehead atoms. The van der Waals surface area contributed by atoms with Gasteiger partial charge in [-0.1, -0.05) is 4.47 Å². The van der Waals surface area contributed by atoms with E-state index >= 15 is 0 Å². The quantitative estimate of drug-likeness (QED) is 0.552. The molecule has 0 aromatic rings. The van der Waals surface area contributed by atoms with Crippen molar-refractivity contribution in [1.29, 1.82) is 0 Å². The molecule has 0 amide bonds. The molecular weight excluding hydrogens is 154 g/mol. The van der Waals surface area contributed by atoms with Crippen molar-refractivity contribution >= 4 is 10.0 Å². The lowest BCUT2D eigenvalue weighted by molar-refractivity contribution is -0.0260. The Morgan fingerprint density at radius 1 is 1.50 bits per heavy atom. The van der Waals surface area contributed by atoms with Gasteiger partial charge < -0.3 is 0 Å². The highest BCUT2D eigenvalue weighted by Crippen LogP contribution is 2.30. The second-order valence-corrected chi connectivity index (χ2v) is 4.55. The first-order valence-electron chi connectivity index (χ1n) is 3.11. The molecule has 0 saturated heterocycles. The Kier molecular flexibility index (Phi) is 1.98. The number of hydrogen-bond donors (Lipinski definition) is 0. The van der Waals surface area contributed by atoms with E-state index in [2.05, 4.69) is 4.84 Å². The van der Waals surface area contributed by atoms with E-state index in [4.69, 9.17) is 0 Å². The molecule has 0 heterocycles. The number of hydroxylamine groups is 1. The summed E-state index contributed by atoms with van der Waals surface area (Å²) in [6.45, 7) is 0. The third kappa shape index (κ3) is 1.31. The molecule has 4 nitrogen and oxygen atoms in total. The van der Waals surface area contributed by atoms with Crippen molar-refractivity contribution in [3.8, 4) is 0 Å². The van der Waals surface area contributed by atoms with E-state index in [1.165, 1.54) is 14.2 Å². The normalized spacial score (nSPS) is 19.9. The molecule has 1 rings (SSSR count). The predicted molar refractivity (Wildman–Crippen MR) is 36.7 cm³/mol. The van der Waals surface area contributed by atoms with Crippen molar-refractivity contribution in [2.75, 3.05) is 14.2 Å². The summed E-state index contributed by atoms with van der Waals surface area (Å²) in [5, 5.41) is -0.183. The van der Waals surface area contributed by atoms with Gasteiger partial charge in [-0.05, 0) is 12.8 Å². The Labute approximate surface area is 60.8 Å². The SMILES string of the molecule is CON(C)S(=O)(=O)C1CC1. The lowest BCUT2D eigenvalue weighted by Gasteiger charge is -2.12. The van der Waals surface area contributed by atoms with Crippen LogP contribution in [0.2, 0.25) is 0 Å². The van der Waals surface area contributed by atoms with Crippen molar-refractivity contribution < 1.29 is 13.3 Å². The fourth-order valence-corrected chi connectivity index (χ4v) is 2.04. The number of rotatable bonds is 3. The summed E-state index contributed by atoms with van der Waals surface area (Å²) in [6.07, 6.45) is 1.55. The van der Waals surface area contributed by atoms with Gasteiger partial charge in [0, 0.05) is 7.05 Å². The minimum atomic E-state index is -3.10. The van der Waals surface area contributed by atoms with Crippen LogP contribution < -0.4 is 0 Å². The summed E-state index contributed by atoms with van der Waals surface area (Å²) in [5.41, 5.74) is 0. The van der Waals surface area contributed by atoms with Crippen LogP contribution in [0.1, 0.15) is 12.8 Å². The van der Waals surface area contributed by atoms with E-state index < -0.39 is 10.0 Å². The highest BCUT2D eigenvalue weighted by molar-refractivity contribution is 7.89. The minimum absolute atomic E-state index is 0.183. The molecule has 1 saturated carbocycles. The first kappa shape index (κ1) is 7.97. The summed E-state index contributed by atoms with van der Waals surface area (Å²) in [4.78, 5) is 4.56. The molecule has 1 aliphatic carbocycles. The molecule has 1 fully saturated rings. The van der Waals surface area contributed by atoms with Gasteiger partial charge in [0.2, 0.25) is 10.0 Å². The van der Waals surface area contributed by atoms with E-state index in [1.807, 2.05) is 0 Å². The van der Waals surface area contributed by atoms with Crippen molar-refractivity contribution in [1.82, 2.24) is 4.47 Å². The summed E-state index contributed by atoms with van der Waals surface area (Å²) in [6, 6.07) is 0. The van der Waals surface area contributed by atoms with Gasteiger partial charge in [0.25, 0.3) is 0 Å². The molecule has 0 radical (unpaired) electrons. The molecule has 0 aromatic carbocycles. The third-order valence-corrected chi connectivity index (χ3v) is 3.74. The molecule has 0 atom stereocenters. The van der Waals surface area contributed by atoms with E-state index in [1.54, 1.807) is 0 Å². The average molecular weight is 165 g/mol. The van der Waals surface area contributed by atoms with Gasteiger partial charge in [-0.3, -0.25) is 4.84 Å². The Morgan fingerprint density at radius 2 is 2.00 bits per heavy atom. The van der Waals surface area contributed by atoms with Crippen LogP contribution in [0.15, 0.2) is 0 Å². The van der Waals surface area contributed by atoms with Gasteiger partial charge in [-0.15, -0.1) is 0 Å². The van der Waals surface area contributed by atoms with Gasteiger partial charge >= 0.3 is 0 Å². The standard InChI is InChI=1S/C5H11NO3S/c1-6(9-2)10(7,8)5-3-4-5/h5H,3-4H2,1-2H3. The lowest BCUT2D eigenvalue weighted by atomic mass is 11.0.